The molecule has 1 aromatic rings. The van der Waals surface area contributed by atoms with Gasteiger partial charge < -0.3 is 24.8 Å². The largest absolute Gasteiger partial charge is 0.497 e. The maximum Gasteiger partial charge on any atom is 0.191 e. The summed E-state index contributed by atoms with van der Waals surface area (Å²) < 4.78 is 16.1. The quantitative estimate of drug-likeness (QED) is 0.347. The Morgan fingerprint density at radius 3 is 2.63 bits per heavy atom. The van der Waals surface area contributed by atoms with E-state index < -0.39 is 0 Å². The van der Waals surface area contributed by atoms with Gasteiger partial charge in [0, 0.05) is 26.2 Å². The Morgan fingerprint density at radius 2 is 1.93 bits per heavy atom. The van der Waals surface area contributed by atoms with Crippen molar-refractivity contribution >= 4 is 5.96 Å². The second kappa shape index (κ2) is 12.4. The van der Waals surface area contributed by atoms with Crippen LogP contribution in [-0.2, 0) is 4.74 Å². The zero-order valence-electron chi connectivity index (χ0n) is 16.9. The Kier molecular flexibility index (Phi) is 9.79. The fourth-order valence-electron chi connectivity index (χ4n) is 3.15. The first-order valence-corrected chi connectivity index (χ1v) is 9.78. The number of rotatable bonds is 11. The van der Waals surface area contributed by atoms with E-state index in [1.807, 2.05) is 24.3 Å². The van der Waals surface area contributed by atoms with Crippen molar-refractivity contribution in [1.82, 2.24) is 15.5 Å². The standard InChI is InChI=1S/C20H34N4O3/c1-4-21-20(23-16-17-6-5-12-24(17)13-15-25-2)22-11-14-27-19-9-7-18(26-3)8-10-19/h7-10,17H,4-6,11-16H2,1-3H3,(H2,21,22,23). The molecule has 27 heavy (non-hydrogen) atoms. The van der Waals surface area contributed by atoms with E-state index in [1.165, 1.54) is 12.8 Å². The predicted molar refractivity (Wildman–Crippen MR) is 109 cm³/mol. The Hall–Kier alpha value is -1.99. The zero-order chi connectivity index (χ0) is 19.3. The molecule has 7 nitrogen and oxygen atoms in total. The van der Waals surface area contributed by atoms with Gasteiger partial charge in [-0.15, -0.1) is 0 Å². The highest BCUT2D eigenvalue weighted by Crippen LogP contribution is 2.17. The average molecular weight is 379 g/mol. The Labute approximate surface area is 163 Å². The molecule has 1 heterocycles. The number of ether oxygens (including phenoxy) is 3. The van der Waals surface area contributed by atoms with Crippen molar-refractivity contribution in [3.8, 4) is 11.5 Å². The van der Waals surface area contributed by atoms with Gasteiger partial charge in [-0.25, -0.2) is 0 Å². The summed E-state index contributed by atoms with van der Waals surface area (Å²) in [5, 5.41) is 6.64. The molecule has 152 valence electrons. The van der Waals surface area contributed by atoms with Gasteiger partial charge in [-0.1, -0.05) is 0 Å². The Bertz CT molecular complexity index is 551. The number of nitrogens with zero attached hydrogens (tertiary/aromatic N) is 2. The molecule has 0 saturated carbocycles. The minimum Gasteiger partial charge on any atom is -0.497 e. The number of aliphatic imine (C=N–C) groups is 1. The van der Waals surface area contributed by atoms with E-state index in [2.05, 4.69) is 22.5 Å². The summed E-state index contributed by atoms with van der Waals surface area (Å²) in [7, 11) is 3.41. The van der Waals surface area contributed by atoms with Gasteiger partial charge in [0.05, 0.1) is 26.8 Å². The van der Waals surface area contributed by atoms with Crippen LogP contribution >= 0.6 is 0 Å². The highest BCUT2D eigenvalue weighted by molar-refractivity contribution is 5.79. The number of methoxy groups -OCH3 is 2. The van der Waals surface area contributed by atoms with Crippen molar-refractivity contribution in [2.45, 2.75) is 25.8 Å². The van der Waals surface area contributed by atoms with Crippen molar-refractivity contribution in [2.24, 2.45) is 4.99 Å². The molecule has 0 spiro atoms. The predicted octanol–water partition coefficient (Wildman–Crippen LogP) is 1.74. The van der Waals surface area contributed by atoms with Gasteiger partial charge in [-0.3, -0.25) is 9.89 Å². The van der Waals surface area contributed by atoms with E-state index >= 15 is 0 Å². The smallest absolute Gasteiger partial charge is 0.191 e. The summed E-state index contributed by atoms with van der Waals surface area (Å²) in [6.45, 7) is 7.88. The molecule has 1 unspecified atom stereocenters. The third kappa shape index (κ3) is 7.64. The highest BCUT2D eigenvalue weighted by atomic mass is 16.5. The van der Waals surface area contributed by atoms with Crippen LogP contribution in [0.4, 0.5) is 0 Å². The molecule has 0 aromatic heterocycles. The van der Waals surface area contributed by atoms with Crippen molar-refractivity contribution < 1.29 is 14.2 Å². The maximum absolute atomic E-state index is 5.75. The lowest BCUT2D eigenvalue weighted by Crippen LogP contribution is -2.41. The van der Waals surface area contributed by atoms with Gasteiger partial charge >= 0.3 is 0 Å². The fourth-order valence-corrected chi connectivity index (χ4v) is 3.15. The Balaban J connectivity index is 1.74. The van der Waals surface area contributed by atoms with Crippen LogP contribution in [-0.4, -0.2) is 77.1 Å². The van der Waals surface area contributed by atoms with Crippen LogP contribution in [0.25, 0.3) is 0 Å². The average Bonchev–Trinajstić information content (AvgIpc) is 3.15. The maximum atomic E-state index is 5.75. The first kappa shape index (κ1) is 21.3. The van der Waals surface area contributed by atoms with Gasteiger partial charge in [-0.05, 0) is 50.6 Å². The lowest BCUT2D eigenvalue weighted by molar-refractivity contribution is 0.142. The minimum atomic E-state index is 0.506. The third-order valence-electron chi connectivity index (χ3n) is 4.61. The second-order valence-electron chi connectivity index (χ2n) is 6.50. The van der Waals surface area contributed by atoms with E-state index in [9.17, 15) is 0 Å². The number of likely N-dealkylation sites (tertiary alicyclic amines) is 1. The number of guanidine groups is 1. The first-order chi connectivity index (χ1) is 13.3. The summed E-state index contributed by atoms with van der Waals surface area (Å²) in [4.78, 5) is 7.24. The van der Waals surface area contributed by atoms with Crippen molar-refractivity contribution in [3.63, 3.8) is 0 Å². The van der Waals surface area contributed by atoms with Gasteiger partial charge in [0.15, 0.2) is 5.96 Å². The SMILES string of the molecule is CCNC(=NCC1CCCN1CCOC)NCCOc1ccc(OC)cc1. The Morgan fingerprint density at radius 1 is 1.15 bits per heavy atom. The van der Waals surface area contributed by atoms with Crippen molar-refractivity contribution in [3.05, 3.63) is 24.3 Å². The van der Waals surface area contributed by atoms with Crippen LogP contribution in [0, 0.1) is 0 Å². The van der Waals surface area contributed by atoms with Gasteiger partial charge in [-0.2, -0.15) is 0 Å². The molecule has 1 aliphatic rings. The second-order valence-corrected chi connectivity index (χ2v) is 6.50. The summed E-state index contributed by atoms with van der Waals surface area (Å²) in [6.07, 6.45) is 2.44. The molecule has 1 aliphatic heterocycles. The minimum absolute atomic E-state index is 0.506. The van der Waals surface area contributed by atoms with E-state index in [-0.39, 0.29) is 0 Å². The molecule has 1 aromatic carbocycles. The molecular formula is C20H34N4O3. The van der Waals surface area contributed by atoms with Crippen LogP contribution in [0.2, 0.25) is 0 Å². The summed E-state index contributed by atoms with van der Waals surface area (Å²) >= 11 is 0. The van der Waals surface area contributed by atoms with Crippen LogP contribution < -0.4 is 20.1 Å². The summed E-state index contributed by atoms with van der Waals surface area (Å²) in [5.74, 6) is 2.50. The normalized spacial score (nSPS) is 17.7. The molecule has 1 saturated heterocycles. The lowest BCUT2D eigenvalue weighted by Gasteiger charge is -2.23. The molecule has 0 bridgehead atoms. The third-order valence-corrected chi connectivity index (χ3v) is 4.61. The van der Waals surface area contributed by atoms with E-state index in [4.69, 9.17) is 19.2 Å². The van der Waals surface area contributed by atoms with Gasteiger partial charge in [0.25, 0.3) is 0 Å². The first-order valence-electron chi connectivity index (χ1n) is 9.78. The van der Waals surface area contributed by atoms with Gasteiger partial charge in [0.1, 0.15) is 18.1 Å². The number of nitrogens with one attached hydrogen (secondary N) is 2. The van der Waals surface area contributed by atoms with Crippen LogP contribution in [0.15, 0.2) is 29.3 Å². The van der Waals surface area contributed by atoms with Gasteiger partial charge in [0.2, 0.25) is 0 Å². The molecule has 0 aliphatic carbocycles. The topological polar surface area (TPSA) is 67.4 Å². The van der Waals surface area contributed by atoms with Crippen LogP contribution in [0.1, 0.15) is 19.8 Å². The molecule has 0 radical (unpaired) electrons. The van der Waals surface area contributed by atoms with E-state index in [0.717, 1.165) is 50.2 Å². The fraction of sp³-hybridized carbons (Fsp3) is 0.650. The molecule has 2 N–H and O–H groups in total. The molecule has 1 atom stereocenters. The van der Waals surface area contributed by atoms with Crippen molar-refractivity contribution in [1.29, 1.82) is 0 Å². The number of hydrogen-bond acceptors (Lipinski definition) is 5. The highest BCUT2D eigenvalue weighted by Gasteiger charge is 2.23. The van der Waals surface area contributed by atoms with Crippen LogP contribution in [0.5, 0.6) is 11.5 Å². The summed E-state index contributed by atoms with van der Waals surface area (Å²) in [6, 6.07) is 8.11. The monoisotopic (exact) mass is 378 g/mol. The molecule has 7 heteroatoms. The number of hydrogen-bond donors (Lipinski definition) is 2. The number of benzene rings is 1. The molecule has 1 fully saturated rings. The molecule has 2 rings (SSSR count). The van der Waals surface area contributed by atoms with E-state index in [1.54, 1.807) is 14.2 Å². The lowest BCUT2D eigenvalue weighted by atomic mass is 10.2. The molecular weight excluding hydrogens is 344 g/mol. The zero-order valence-corrected chi connectivity index (χ0v) is 16.9. The van der Waals surface area contributed by atoms with Crippen LogP contribution in [0.3, 0.4) is 0 Å². The van der Waals surface area contributed by atoms with Crippen molar-refractivity contribution in [2.75, 3.05) is 60.2 Å². The summed E-state index contributed by atoms with van der Waals surface area (Å²) in [5.41, 5.74) is 0. The molecule has 0 amide bonds. The van der Waals surface area contributed by atoms with E-state index in [0.29, 0.717) is 19.2 Å².